The minimum absolute atomic E-state index is 0.00542. The van der Waals surface area contributed by atoms with Crippen LogP contribution in [0.1, 0.15) is 32.8 Å². The number of carboxylic acids is 1. The van der Waals surface area contributed by atoms with Gasteiger partial charge < -0.3 is 20.5 Å². The average molecular weight is 278 g/mol. The number of nitrogens with zero attached hydrogens (tertiary/aromatic N) is 1. The van der Waals surface area contributed by atoms with E-state index >= 15 is 0 Å². The van der Waals surface area contributed by atoms with Crippen LogP contribution in [0.3, 0.4) is 0 Å². The number of fused-ring (bicyclic) bond motifs is 1. The van der Waals surface area contributed by atoms with Gasteiger partial charge in [-0.2, -0.15) is 0 Å². The SMILES string of the molecule is CCC1CN(C(C)(C)C(=O)O)c2ccc(CN)cc2O1. The van der Waals surface area contributed by atoms with Gasteiger partial charge in [0, 0.05) is 6.54 Å². The summed E-state index contributed by atoms with van der Waals surface area (Å²) in [6.07, 6.45) is 0.826. The molecule has 0 aliphatic carbocycles. The van der Waals surface area contributed by atoms with Crippen molar-refractivity contribution in [2.45, 2.75) is 45.4 Å². The van der Waals surface area contributed by atoms with Gasteiger partial charge in [0.05, 0.1) is 12.2 Å². The monoisotopic (exact) mass is 278 g/mol. The van der Waals surface area contributed by atoms with E-state index in [9.17, 15) is 9.90 Å². The third-order valence-electron chi connectivity index (χ3n) is 3.88. The molecule has 0 aromatic heterocycles. The van der Waals surface area contributed by atoms with Crippen molar-refractivity contribution in [2.75, 3.05) is 11.4 Å². The first-order valence-corrected chi connectivity index (χ1v) is 6.90. The molecule has 1 aromatic carbocycles. The lowest BCUT2D eigenvalue weighted by molar-refractivity contribution is -0.142. The van der Waals surface area contributed by atoms with Crippen LogP contribution in [0.15, 0.2) is 18.2 Å². The Balaban J connectivity index is 2.47. The number of hydrogen-bond acceptors (Lipinski definition) is 4. The molecule has 110 valence electrons. The number of rotatable bonds is 4. The Morgan fingerprint density at radius 1 is 1.55 bits per heavy atom. The van der Waals surface area contributed by atoms with E-state index in [1.165, 1.54) is 0 Å². The zero-order valence-corrected chi connectivity index (χ0v) is 12.2. The number of ether oxygens (including phenoxy) is 1. The number of carboxylic acid groups (broad SMARTS) is 1. The summed E-state index contributed by atoms with van der Waals surface area (Å²) in [6, 6.07) is 5.72. The van der Waals surface area contributed by atoms with Crippen LogP contribution in [-0.2, 0) is 11.3 Å². The number of benzene rings is 1. The van der Waals surface area contributed by atoms with Crippen molar-refractivity contribution >= 4 is 11.7 Å². The first-order valence-electron chi connectivity index (χ1n) is 6.90. The summed E-state index contributed by atoms with van der Waals surface area (Å²) in [4.78, 5) is 13.5. The minimum atomic E-state index is -0.976. The second-order valence-electron chi connectivity index (χ2n) is 5.63. The summed E-state index contributed by atoms with van der Waals surface area (Å²) >= 11 is 0. The maximum Gasteiger partial charge on any atom is 0.328 e. The van der Waals surface area contributed by atoms with E-state index in [2.05, 4.69) is 0 Å². The summed E-state index contributed by atoms with van der Waals surface area (Å²) in [7, 11) is 0. The molecular formula is C15H22N2O3. The molecule has 3 N–H and O–H groups in total. The minimum Gasteiger partial charge on any atom is -0.486 e. The smallest absolute Gasteiger partial charge is 0.328 e. The van der Waals surface area contributed by atoms with Crippen LogP contribution in [0.4, 0.5) is 5.69 Å². The Kier molecular flexibility index (Phi) is 3.90. The van der Waals surface area contributed by atoms with Crippen LogP contribution in [0.25, 0.3) is 0 Å². The lowest BCUT2D eigenvalue weighted by Crippen LogP contribution is -2.55. The summed E-state index contributed by atoms with van der Waals surface area (Å²) in [5.41, 5.74) is 6.48. The van der Waals surface area contributed by atoms with E-state index in [0.717, 1.165) is 23.4 Å². The molecule has 1 aliphatic rings. The van der Waals surface area contributed by atoms with Crippen molar-refractivity contribution in [3.8, 4) is 5.75 Å². The van der Waals surface area contributed by atoms with Gasteiger partial charge in [0.1, 0.15) is 17.4 Å². The Bertz CT molecular complexity index is 514. The quantitative estimate of drug-likeness (QED) is 0.881. The predicted octanol–water partition coefficient (Wildman–Crippen LogP) is 1.99. The second kappa shape index (κ2) is 5.32. The molecule has 1 atom stereocenters. The molecular weight excluding hydrogens is 256 g/mol. The molecule has 0 radical (unpaired) electrons. The fraction of sp³-hybridized carbons (Fsp3) is 0.533. The number of carbonyl (C=O) groups is 1. The van der Waals surface area contributed by atoms with Gasteiger partial charge in [-0.1, -0.05) is 13.0 Å². The molecule has 1 aliphatic heterocycles. The van der Waals surface area contributed by atoms with E-state index in [4.69, 9.17) is 10.5 Å². The van der Waals surface area contributed by atoms with Gasteiger partial charge in [0.15, 0.2) is 0 Å². The standard InChI is InChI=1S/C15H22N2O3/c1-4-11-9-17(15(2,3)14(18)19)12-6-5-10(8-16)7-13(12)20-11/h5-7,11H,4,8-9,16H2,1-3H3,(H,18,19). The third-order valence-corrected chi connectivity index (χ3v) is 3.88. The van der Waals surface area contributed by atoms with Gasteiger partial charge in [-0.25, -0.2) is 4.79 Å². The van der Waals surface area contributed by atoms with E-state index < -0.39 is 11.5 Å². The molecule has 20 heavy (non-hydrogen) atoms. The summed E-state index contributed by atoms with van der Waals surface area (Å²) in [5, 5.41) is 9.48. The van der Waals surface area contributed by atoms with Gasteiger partial charge >= 0.3 is 5.97 Å². The van der Waals surface area contributed by atoms with Crippen LogP contribution >= 0.6 is 0 Å². The van der Waals surface area contributed by atoms with E-state index in [1.54, 1.807) is 13.8 Å². The van der Waals surface area contributed by atoms with Crippen LogP contribution in [0, 0.1) is 0 Å². The Labute approximate surface area is 119 Å². The molecule has 5 nitrogen and oxygen atoms in total. The molecule has 0 bridgehead atoms. The lowest BCUT2D eigenvalue weighted by atomic mass is 9.98. The molecule has 0 fully saturated rings. The molecule has 0 saturated heterocycles. The summed E-state index contributed by atoms with van der Waals surface area (Å²) in [6.45, 7) is 6.48. The Hall–Kier alpha value is -1.75. The number of anilines is 1. The maximum absolute atomic E-state index is 11.5. The summed E-state index contributed by atoms with van der Waals surface area (Å²) in [5.74, 6) is -0.122. The topological polar surface area (TPSA) is 75.8 Å². The lowest BCUT2D eigenvalue weighted by Gasteiger charge is -2.43. The zero-order valence-electron chi connectivity index (χ0n) is 12.2. The summed E-state index contributed by atoms with van der Waals surface area (Å²) < 4.78 is 5.94. The van der Waals surface area contributed by atoms with E-state index in [0.29, 0.717) is 13.1 Å². The van der Waals surface area contributed by atoms with Gasteiger partial charge in [0.25, 0.3) is 0 Å². The molecule has 1 aromatic rings. The fourth-order valence-electron chi connectivity index (χ4n) is 2.38. The molecule has 5 heteroatoms. The first-order chi connectivity index (χ1) is 9.40. The van der Waals surface area contributed by atoms with Gasteiger partial charge in [-0.05, 0) is 38.0 Å². The van der Waals surface area contributed by atoms with Crippen LogP contribution in [0.5, 0.6) is 5.75 Å². The van der Waals surface area contributed by atoms with Crippen LogP contribution in [0.2, 0.25) is 0 Å². The number of nitrogens with two attached hydrogens (primary N) is 1. The van der Waals surface area contributed by atoms with Crippen molar-refractivity contribution in [1.82, 2.24) is 0 Å². The Morgan fingerprint density at radius 3 is 2.80 bits per heavy atom. The average Bonchev–Trinajstić information content (AvgIpc) is 2.44. The largest absolute Gasteiger partial charge is 0.486 e. The highest BCUT2D eigenvalue weighted by atomic mass is 16.5. The number of hydrogen-bond donors (Lipinski definition) is 2. The van der Waals surface area contributed by atoms with Gasteiger partial charge in [-0.15, -0.1) is 0 Å². The van der Waals surface area contributed by atoms with Crippen molar-refractivity contribution in [1.29, 1.82) is 0 Å². The highest BCUT2D eigenvalue weighted by molar-refractivity contribution is 5.84. The van der Waals surface area contributed by atoms with E-state index in [1.807, 2.05) is 30.0 Å². The van der Waals surface area contributed by atoms with Crippen LogP contribution in [-0.4, -0.2) is 29.3 Å². The van der Waals surface area contributed by atoms with Crippen molar-refractivity contribution < 1.29 is 14.6 Å². The molecule has 0 saturated carbocycles. The first kappa shape index (κ1) is 14.7. The predicted molar refractivity (Wildman–Crippen MR) is 78.1 cm³/mol. The third kappa shape index (κ3) is 2.45. The highest BCUT2D eigenvalue weighted by Gasteiger charge is 2.39. The molecule has 0 amide bonds. The zero-order chi connectivity index (χ0) is 14.9. The second-order valence-corrected chi connectivity index (χ2v) is 5.63. The van der Waals surface area contributed by atoms with Gasteiger partial charge in [-0.3, -0.25) is 0 Å². The van der Waals surface area contributed by atoms with Crippen molar-refractivity contribution in [3.05, 3.63) is 23.8 Å². The normalized spacial score (nSPS) is 18.4. The van der Waals surface area contributed by atoms with Crippen LogP contribution < -0.4 is 15.4 Å². The number of aliphatic carboxylic acids is 1. The Morgan fingerprint density at radius 2 is 2.25 bits per heavy atom. The molecule has 2 rings (SSSR count). The molecule has 0 spiro atoms. The maximum atomic E-state index is 11.5. The molecule has 1 heterocycles. The van der Waals surface area contributed by atoms with Crippen molar-refractivity contribution in [2.24, 2.45) is 5.73 Å². The fourth-order valence-corrected chi connectivity index (χ4v) is 2.38. The highest BCUT2D eigenvalue weighted by Crippen LogP contribution is 2.38. The molecule has 1 unspecified atom stereocenters. The van der Waals surface area contributed by atoms with Crippen molar-refractivity contribution in [3.63, 3.8) is 0 Å². The van der Waals surface area contributed by atoms with Gasteiger partial charge in [0.2, 0.25) is 0 Å². The van der Waals surface area contributed by atoms with E-state index in [-0.39, 0.29) is 6.10 Å².